The van der Waals surface area contributed by atoms with Crippen molar-refractivity contribution in [1.29, 1.82) is 0 Å². The molecule has 2 aromatic rings. The summed E-state index contributed by atoms with van der Waals surface area (Å²) in [5, 5.41) is 3.33. The zero-order valence-corrected chi connectivity index (χ0v) is 11.7. The fourth-order valence-electron chi connectivity index (χ4n) is 2.70. The molecule has 0 spiro atoms. The van der Waals surface area contributed by atoms with Crippen LogP contribution in [0.2, 0.25) is 0 Å². The van der Waals surface area contributed by atoms with Crippen LogP contribution in [-0.4, -0.2) is 23.2 Å². The van der Waals surface area contributed by atoms with Crippen molar-refractivity contribution >= 4 is 0 Å². The third kappa shape index (κ3) is 2.08. The van der Waals surface area contributed by atoms with Crippen molar-refractivity contribution in [3.8, 4) is 11.4 Å². The van der Waals surface area contributed by atoms with E-state index in [0.717, 1.165) is 43.1 Å². The topological polar surface area (TPSA) is 39.1 Å². The van der Waals surface area contributed by atoms with Crippen molar-refractivity contribution in [2.45, 2.75) is 26.3 Å². The van der Waals surface area contributed by atoms with Crippen LogP contribution in [0.1, 0.15) is 24.1 Å². The number of rotatable bonds is 3. The highest BCUT2D eigenvalue weighted by Gasteiger charge is 2.20. The van der Waals surface area contributed by atoms with Crippen molar-refractivity contribution in [2.24, 2.45) is 0 Å². The van der Waals surface area contributed by atoms with Gasteiger partial charge in [-0.15, -0.1) is 0 Å². The zero-order chi connectivity index (χ0) is 14.1. The number of halogens is 1. The molecule has 1 aromatic heterocycles. The van der Waals surface area contributed by atoms with E-state index in [4.69, 9.17) is 4.74 Å². The summed E-state index contributed by atoms with van der Waals surface area (Å²) in [6, 6.07) is 4.96. The van der Waals surface area contributed by atoms with Gasteiger partial charge < -0.3 is 14.6 Å². The first-order chi connectivity index (χ1) is 9.74. The number of nitrogens with one attached hydrogen (secondary N) is 1. The maximum absolute atomic E-state index is 13.6. The molecule has 0 saturated carbocycles. The quantitative estimate of drug-likeness (QED) is 0.933. The van der Waals surface area contributed by atoms with Gasteiger partial charge in [-0.25, -0.2) is 9.37 Å². The van der Waals surface area contributed by atoms with Gasteiger partial charge in [-0.1, -0.05) is 6.92 Å². The van der Waals surface area contributed by atoms with E-state index in [1.165, 1.54) is 18.9 Å². The first-order valence-electron chi connectivity index (χ1n) is 6.88. The Morgan fingerprint density at radius 2 is 2.30 bits per heavy atom. The van der Waals surface area contributed by atoms with Gasteiger partial charge in [0.2, 0.25) is 0 Å². The third-order valence-corrected chi connectivity index (χ3v) is 3.67. The Balaban J connectivity index is 2.15. The lowest BCUT2D eigenvalue weighted by Gasteiger charge is -2.16. The second-order valence-corrected chi connectivity index (χ2v) is 4.86. The maximum Gasteiger partial charge on any atom is 0.165 e. The van der Waals surface area contributed by atoms with Gasteiger partial charge in [0.15, 0.2) is 11.6 Å². The molecule has 1 aliphatic heterocycles. The predicted molar refractivity (Wildman–Crippen MR) is 74.9 cm³/mol. The Morgan fingerprint density at radius 3 is 3.05 bits per heavy atom. The number of benzene rings is 1. The van der Waals surface area contributed by atoms with Crippen molar-refractivity contribution in [3.63, 3.8) is 0 Å². The van der Waals surface area contributed by atoms with Crippen LogP contribution in [0.15, 0.2) is 18.2 Å². The highest BCUT2D eigenvalue weighted by Crippen LogP contribution is 2.26. The van der Waals surface area contributed by atoms with Gasteiger partial charge in [0.25, 0.3) is 0 Å². The summed E-state index contributed by atoms with van der Waals surface area (Å²) < 4.78 is 20.8. The summed E-state index contributed by atoms with van der Waals surface area (Å²) in [5.41, 5.74) is 3.22. The van der Waals surface area contributed by atoms with Gasteiger partial charge in [0.05, 0.1) is 18.5 Å². The van der Waals surface area contributed by atoms with Crippen LogP contribution in [0.4, 0.5) is 4.39 Å². The van der Waals surface area contributed by atoms with E-state index in [1.54, 1.807) is 12.1 Å². The number of nitrogens with zero attached hydrogens (tertiary/aromatic N) is 2. The lowest BCUT2D eigenvalue weighted by atomic mass is 10.1. The summed E-state index contributed by atoms with van der Waals surface area (Å²) in [6.45, 7) is 3.83. The first-order valence-corrected chi connectivity index (χ1v) is 6.88. The summed E-state index contributed by atoms with van der Waals surface area (Å²) in [5.74, 6) is 0.929. The number of hydrogen-bond donors (Lipinski definition) is 1. The molecule has 1 aliphatic rings. The Bertz CT molecular complexity index is 636. The van der Waals surface area contributed by atoms with Crippen LogP contribution in [0, 0.1) is 5.82 Å². The average Bonchev–Trinajstić information content (AvgIpc) is 2.86. The van der Waals surface area contributed by atoms with Crippen molar-refractivity contribution < 1.29 is 9.13 Å². The Labute approximate surface area is 117 Å². The minimum absolute atomic E-state index is 0.265. The minimum Gasteiger partial charge on any atom is -0.494 e. The van der Waals surface area contributed by atoms with E-state index in [9.17, 15) is 4.39 Å². The second kappa shape index (κ2) is 5.25. The van der Waals surface area contributed by atoms with Crippen LogP contribution in [0.25, 0.3) is 5.69 Å². The van der Waals surface area contributed by atoms with Crippen molar-refractivity contribution in [3.05, 3.63) is 41.2 Å². The fraction of sp³-hybridized carbons (Fsp3) is 0.400. The van der Waals surface area contributed by atoms with E-state index in [2.05, 4.69) is 21.8 Å². The SMILES string of the molecule is CCc1nc2c(n1-c1ccc(F)c(OC)c1)CCNC2. The molecule has 5 heteroatoms. The van der Waals surface area contributed by atoms with Gasteiger partial charge in [0, 0.05) is 37.7 Å². The number of aromatic nitrogens is 2. The highest BCUT2D eigenvalue weighted by molar-refractivity contribution is 5.44. The monoisotopic (exact) mass is 275 g/mol. The molecule has 0 radical (unpaired) electrons. The van der Waals surface area contributed by atoms with E-state index in [1.807, 2.05) is 0 Å². The Kier molecular flexibility index (Phi) is 3.44. The Hall–Kier alpha value is -1.88. The number of methoxy groups -OCH3 is 1. The maximum atomic E-state index is 13.6. The first kappa shape index (κ1) is 13.1. The molecule has 106 valence electrons. The van der Waals surface area contributed by atoms with Gasteiger partial charge in [-0.05, 0) is 12.1 Å². The molecule has 0 unspecified atom stereocenters. The highest BCUT2D eigenvalue weighted by atomic mass is 19.1. The van der Waals surface area contributed by atoms with Crippen LogP contribution in [0.5, 0.6) is 5.75 Å². The fourth-order valence-corrected chi connectivity index (χ4v) is 2.70. The molecule has 1 aromatic carbocycles. The molecule has 0 aliphatic carbocycles. The smallest absolute Gasteiger partial charge is 0.165 e. The molecule has 0 amide bonds. The standard InChI is InChI=1S/C15H18FN3O/c1-3-15-18-12-9-17-7-6-13(12)19(15)10-4-5-11(16)14(8-10)20-2/h4-5,8,17H,3,6-7,9H2,1-2H3. The number of ether oxygens (including phenoxy) is 1. The molecular weight excluding hydrogens is 257 g/mol. The third-order valence-electron chi connectivity index (χ3n) is 3.67. The molecule has 0 bridgehead atoms. The molecule has 4 nitrogen and oxygen atoms in total. The van der Waals surface area contributed by atoms with E-state index in [-0.39, 0.29) is 11.6 Å². The van der Waals surface area contributed by atoms with Crippen LogP contribution in [0.3, 0.4) is 0 Å². The predicted octanol–water partition coefficient (Wildman–Crippen LogP) is 2.23. The largest absolute Gasteiger partial charge is 0.494 e. The summed E-state index contributed by atoms with van der Waals surface area (Å²) >= 11 is 0. The number of aryl methyl sites for hydroxylation is 1. The lowest BCUT2D eigenvalue weighted by molar-refractivity contribution is 0.386. The summed E-state index contributed by atoms with van der Waals surface area (Å²) in [4.78, 5) is 4.69. The second-order valence-electron chi connectivity index (χ2n) is 4.86. The van der Waals surface area contributed by atoms with Gasteiger partial charge in [0.1, 0.15) is 5.82 Å². The number of fused-ring (bicyclic) bond motifs is 1. The number of imidazole rings is 1. The van der Waals surface area contributed by atoms with Crippen LogP contribution in [-0.2, 0) is 19.4 Å². The summed E-state index contributed by atoms with van der Waals surface area (Å²) in [6.07, 6.45) is 1.77. The van der Waals surface area contributed by atoms with Crippen molar-refractivity contribution in [2.75, 3.05) is 13.7 Å². The van der Waals surface area contributed by atoms with Gasteiger partial charge in [-0.3, -0.25) is 0 Å². The zero-order valence-electron chi connectivity index (χ0n) is 11.7. The molecule has 1 N–H and O–H groups in total. The van der Waals surface area contributed by atoms with E-state index < -0.39 is 0 Å². The molecule has 20 heavy (non-hydrogen) atoms. The molecule has 0 atom stereocenters. The normalized spacial score (nSPS) is 14.2. The summed E-state index contributed by atoms with van der Waals surface area (Å²) in [7, 11) is 1.48. The van der Waals surface area contributed by atoms with Gasteiger partial charge in [-0.2, -0.15) is 0 Å². The van der Waals surface area contributed by atoms with E-state index >= 15 is 0 Å². The number of hydrogen-bond acceptors (Lipinski definition) is 3. The molecule has 0 fully saturated rings. The Morgan fingerprint density at radius 1 is 1.45 bits per heavy atom. The lowest BCUT2D eigenvalue weighted by Crippen LogP contribution is -2.24. The average molecular weight is 275 g/mol. The minimum atomic E-state index is -0.343. The van der Waals surface area contributed by atoms with E-state index in [0.29, 0.717) is 0 Å². The molecular formula is C15H18FN3O. The molecule has 2 heterocycles. The molecule has 3 rings (SSSR count). The van der Waals surface area contributed by atoms with Gasteiger partial charge >= 0.3 is 0 Å². The van der Waals surface area contributed by atoms with Crippen molar-refractivity contribution in [1.82, 2.24) is 14.9 Å². The molecule has 0 saturated heterocycles. The van der Waals surface area contributed by atoms with Crippen LogP contribution >= 0.6 is 0 Å². The van der Waals surface area contributed by atoms with Crippen LogP contribution < -0.4 is 10.1 Å².